The number of aliphatic hydroxyl groups is 1. The number of pyridine rings is 1. The third-order valence-electron chi connectivity index (χ3n) is 3.49. The van der Waals surface area contributed by atoms with Gasteiger partial charge in [0.1, 0.15) is 11.4 Å². The topological polar surface area (TPSA) is 50.9 Å². The van der Waals surface area contributed by atoms with Crippen LogP contribution in [0.2, 0.25) is 5.02 Å². The number of aryl methyl sites for hydroxylation is 2. The van der Waals surface area contributed by atoms with E-state index in [1.54, 1.807) is 11.6 Å². The van der Waals surface area contributed by atoms with Gasteiger partial charge in [0.05, 0.1) is 28.3 Å². The van der Waals surface area contributed by atoms with Gasteiger partial charge in [-0.3, -0.25) is 9.67 Å². The van der Waals surface area contributed by atoms with E-state index in [9.17, 15) is 9.50 Å². The molecule has 6 heteroatoms. The summed E-state index contributed by atoms with van der Waals surface area (Å²) in [6, 6.07) is 2.77. The van der Waals surface area contributed by atoms with E-state index < -0.39 is 11.4 Å². The van der Waals surface area contributed by atoms with Gasteiger partial charge in [0.15, 0.2) is 0 Å². The summed E-state index contributed by atoms with van der Waals surface area (Å²) in [4.78, 5) is 3.96. The molecule has 1 unspecified atom stereocenters. The van der Waals surface area contributed by atoms with Gasteiger partial charge in [0.2, 0.25) is 0 Å². The highest BCUT2D eigenvalue weighted by Gasteiger charge is 2.29. The van der Waals surface area contributed by atoms with Crippen LogP contribution in [0, 0.1) is 5.82 Å². The van der Waals surface area contributed by atoms with E-state index in [1.807, 2.05) is 13.8 Å². The predicted octanol–water partition coefficient (Wildman–Crippen LogP) is 3.10. The molecule has 114 valence electrons. The lowest BCUT2D eigenvalue weighted by Gasteiger charge is -2.23. The standard InChI is InChI=1S/C15H19ClFN3O/c1-4-11-14(16)12(20(5-2)19-11)8-15(3,21)13-7-6-10(17)9-18-13/h6-7,9,21H,4-5,8H2,1-3H3. The van der Waals surface area contributed by atoms with Crippen LogP contribution in [-0.4, -0.2) is 19.9 Å². The largest absolute Gasteiger partial charge is 0.383 e. The van der Waals surface area contributed by atoms with Crippen LogP contribution in [0.5, 0.6) is 0 Å². The maximum Gasteiger partial charge on any atom is 0.141 e. The Bertz CT molecular complexity index is 623. The monoisotopic (exact) mass is 311 g/mol. The number of rotatable bonds is 5. The van der Waals surface area contributed by atoms with Gasteiger partial charge in [-0.2, -0.15) is 5.10 Å². The van der Waals surface area contributed by atoms with Crippen molar-refractivity contribution in [3.63, 3.8) is 0 Å². The SMILES string of the molecule is CCc1nn(CC)c(CC(C)(O)c2ccc(F)cn2)c1Cl. The highest BCUT2D eigenvalue weighted by Crippen LogP contribution is 2.29. The van der Waals surface area contributed by atoms with Crippen molar-refractivity contribution in [2.45, 2.75) is 45.8 Å². The van der Waals surface area contributed by atoms with E-state index in [4.69, 9.17) is 11.6 Å². The molecule has 0 spiro atoms. The number of hydrogen-bond acceptors (Lipinski definition) is 3. The van der Waals surface area contributed by atoms with Crippen LogP contribution in [0.15, 0.2) is 18.3 Å². The zero-order chi connectivity index (χ0) is 15.6. The molecule has 2 aromatic rings. The van der Waals surface area contributed by atoms with Crippen molar-refractivity contribution in [1.82, 2.24) is 14.8 Å². The summed E-state index contributed by atoms with van der Waals surface area (Å²) < 4.78 is 14.7. The minimum atomic E-state index is -1.24. The Morgan fingerprint density at radius 1 is 1.38 bits per heavy atom. The smallest absolute Gasteiger partial charge is 0.141 e. The van der Waals surface area contributed by atoms with E-state index in [0.717, 1.165) is 24.0 Å². The molecule has 2 heterocycles. The maximum absolute atomic E-state index is 13.0. The van der Waals surface area contributed by atoms with Gasteiger partial charge >= 0.3 is 0 Å². The van der Waals surface area contributed by atoms with Gasteiger partial charge in [0, 0.05) is 13.0 Å². The lowest BCUT2D eigenvalue weighted by molar-refractivity contribution is 0.0507. The van der Waals surface area contributed by atoms with Crippen molar-refractivity contribution < 1.29 is 9.50 Å². The maximum atomic E-state index is 13.0. The molecule has 4 nitrogen and oxygen atoms in total. The fraction of sp³-hybridized carbons (Fsp3) is 0.467. The summed E-state index contributed by atoms with van der Waals surface area (Å²) in [6.07, 6.45) is 2.10. The van der Waals surface area contributed by atoms with E-state index in [1.165, 1.54) is 12.1 Å². The van der Waals surface area contributed by atoms with Crippen LogP contribution in [0.3, 0.4) is 0 Å². The van der Waals surface area contributed by atoms with Crippen LogP contribution in [0.25, 0.3) is 0 Å². The van der Waals surface area contributed by atoms with E-state index in [0.29, 0.717) is 17.3 Å². The molecular weight excluding hydrogens is 293 g/mol. The summed E-state index contributed by atoms with van der Waals surface area (Å²) in [5, 5.41) is 15.7. The van der Waals surface area contributed by atoms with Crippen molar-refractivity contribution >= 4 is 11.6 Å². The fourth-order valence-corrected chi connectivity index (χ4v) is 2.63. The van der Waals surface area contributed by atoms with Crippen LogP contribution in [-0.2, 0) is 25.0 Å². The van der Waals surface area contributed by atoms with Gasteiger partial charge in [-0.15, -0.1) is 0 Å². The molecule has 0 radical (unpaired) electrons. The molecule has 0 saturated heterocycles. The molecule has 2 rings (SSSR count). The highest BCUT2D eigenvalue weighted by molar-refractivity contribution is 6.31. The van der Waals surface area contributed by atoms with Crippen molar-refractivity contribution in [2.75, 3.05) is 0 Å². The predicted molar refractivity (Wildman–Crippen MR) is 79.8 cm³/mol. The average molecular weight is 312 g/mol. The molecule has 0 aliphatic heterocycles. The Labute approximate surface area is 128 Å². The Morgan fingerprint density at radius 3 is 2.62 bits per heavy atom. The molecule has 0 amide bonds. The normalized spacial score (nSPS) is 14.2. The molecular formula is C15H19ClFN3O. The lowest BCUT2D eigenvalue weighted by Crippen LogP contribution is -2.27. The van der Waals surface area contributed by atoms with Crippen LogP contribution in [0.4, 0.5) is 4.39 Å². The zero-order valence-electron chi connectivity index (χ0n) is 12.4. The molecule has 21 heavy (non-hydrogen) atoms. The highest BCUT2D eigenvalue weighted by atomic mass is 35.5. The van der Waals surface area contributed by atoms with E-state index in [2.05, 4.69) is 10.1 Å². The first-order chi connectivity index (χ1) is 9.89. The third-order valence-corrected chi connectivity index (χ3v) is 3.92. The van der Waals surface area contributed by atoms with Crippen LogP contribution >= 0.6 is 11.6 Å². The minimum absolute atomic E-state index is 0.269. The molecule has 0 aliphatic rings. The number of nitrogens with zero attached hydrogens (tertiary/aromatic N) is 3. The number of hydrogen-bond donors (Lipinski definition) is 1. The Morgan fingerprint density at radius 2 is 2.10 bits per heavy atom. The first-order valence-corrected chi connectivity index (χ1v) is 7.35. The molecule has 0 aromatic carbocycles. The van der Waals surface area contributed by atoms with Crippen LogP contribution < -0.4 is 0 Å². The minimum Gasteiger partial charge on any atom is -0.383 e. The number of aromatic nitrogens is 3. The second kappa shape index (κ2) is 6.12. The second-order valence-corrected chi connectivity index (χ2v) is 5.57. The van der Waals surface area contributed by atoms with Gasteiger partial charge in [-0.1, -0.05) is 18.5 Å². The second-order valence-electron chi connectivity index (χ2n) is 5.19. The van der Waals surface area contributed by atoms with Gasteiger partial charge in [0.25, 0.3) is 0 Å². The summed E-state index contributed by atoms with van der Waals surface area (Å²) >= 11 is 6.35. The third kappa shape index (κ3) is 3.24. The summed E-state index contributed by atoms with van der Waals surface area (Å²) in [5.41, 5.74) is 0.750. The van der Waals surface area contributed by atoms with Crippen LogP contribution in [0.1, 0.15) is 37.9 Å². The molecule has 2 aromatic heterocycles. The first-order valence-electron chi connectivity index (χ1n) is 6.97. The van der Waals surface area contributed by atoms with Gasteiger partial charge in [-0.05, 0) is 32.4 Å². The number of halogens is 2. The molecule has 1 N–H and O–H groups in total. The van der Waals surface area contributed by atoms with E-state index >= 15 is 0 Å². The Balaban J connectivity index is 2.36. The van der Waals surface area contributed by atoms with Crippen molar-refractivity contribution in [1.29, 1.82) is 0 Å². The Hall–Kier alpha value is -1.46. The molecule has 0 aliphatic carbocycles. The lowest BCUT2D eigenvalue weighted by atomic mass is 9.95. The first kappa shape index (κ1) is 15.9. The quantitative estimate of drug-likeness (QED) is 0.923. The fourth-order valence-electron chi connectivity index (χ4n) is 2.30. The Kier molecular flexibility index (Phi) is 4.64. The molecule has 0 bridgehead atoms. The van der Waals surface area contributed by atoms with Gasteiger partial charge in [-0.25, -0.2) is 4.39 Å². The zero-order valence-corrected chi connectivity index (χ0v) is 13.2. The molecule has 1 atom stereocenters. The van der Waals surface area contributed by atoms with E-state index in [-0.39, 0.29) is 6.42 Å². The summed E-state index contributed by atoms with van der Waals surface area (Å²) in [5.74, 6) is -0.431. The van der Waals surface area contributed by atoms with Gasteiger partial charge < -0.3 is 5.11 Å². The van der Waals surface area contributed by atoms with Crippen molar-refractivity contribution in [3.8, 4) is 0 Å². The van der Waals surface area contributed by atoms with Crippen molar-refractivity contribution in [3.05, 3.63) is 46.3 Å². The average Bonchev–Trinajstić information content (AvgIpc) is 2.75. The van der Waals surface area contributed by atoms with Crippen molar-refractivity contribution in [2.24, 2.45) is 0 Å². The summed E-state index contributed by atoms with van der Waals surface area (Å²) in [6.45, 7) is 6.26. The molecule has 0 fully saturated rings. The summed E-state index contributed by atoms with van der Waals surface area (Å²) in [7, 11) is 0. The molecule has 0 saturated carbocycles.